The van der Waals surface area contributed by atoms with Gasteiger partial charge >= 0.3 is 6.18 Å². The van der Waals surface area contributed by atoms with Crippen molar-refractivity contribution in [2.75, 3.05) is 5.75 Å². The van der Waals surface area contributed by atoms with E-state index in [9.17, 15) is 18.0 Å². The molecule has 0 aliphatic heterocycles. The van der Waals surface area contributed by atoms with Gasteiger partial charge in [-0.15, -0.1) is 0 Å². The molecule has 142 valence electrons. The third kappa shape index (κ3) is 3.70. The summed E-state index contributed by atoms with van der Waals surface area (Å²) in [4.78, 5) is 20.3. The van der Waals surface area contributed by atoms with Crippen LogP contribution in [0.2, 0.25) is 0 Å². The van der Waals surface area contributed by atoms with Gasteiger partial charge in [-0.2, -0.15) is 13.2 Å². The van der Waals surface area contributed by atoms with Gasteiger partial charge in [0.15, 0.2) is 10.9 Å². The average molecular weight is 385 g/mol. The quantitative estimate of drug-likeness (QED) is 0.633. The van der Waals surface area contributed by atoms with Crippen LogP contribution in [0.3, 0.4) is 0 Å². The van der Waals surface area contributed by atoms with E-state index in [1.54, 1.807) is 0 Å². The number of aryl methyl sites for hydroxylation is 1. The van der Waals surface area contributed by atoms with Gasteiger partial charge in [-0.05, 0) is 56.8 Å². The fraction of sp³-hybridized carbons (Fsp3) is 0.722. The van der Waals surface area contributed by atoms with Crippen molar-refractivity contribution >= 4 is 17.7 Å². The molecular weight excluding hydrogens is 363 g/mol. The van der Waals surface area contributed by atoms with Gasteiger partial charge in [0.2, 0.25) is 5.91 Å². The number of aromatic nitrogens is 2. The van der Waals surface area contributed by atoms with E-state index in [0.717, 1.165) is 36.9 Å². The molecule has 3 atom stereocenters. The molecule has 1 N–H and O–H groups in total. The Hall–Kier alpha value is -1.31. The first-order chi connectivity index (χ1) is 12.4. The Morgan fingerprint density at radius 1 is 1.15 bits per heavy atom. The largest absolute Gasteiger partial charge is 0.433 e. The van der Waals surface area contributed by atoms with Crippen molar-refractivity contribution in [2.45, 2.75) is 68.7 Å². The van der Waals surface area contributed by atoms with Crippen molar-refractivity contribution in [1.82, 2.24) is 15.3 Å². The molecule has 2 saturated carbocycles. The normalized spacial score (nSPS) is 27.4. The van der Waals surface area contributed by atoms with Crippen LogP contribution in [0.4, 0.5) is 13.2 Å². The summed E-state index contributed by atoms with van der Waals surface area (Å²) < 4.78 is 40.0. The molecule has 0 spiro atoms. The molecule has 1 amide bonds. The van der Waals surface area contributed by atoms with Gasteiger partial charge in [0.25, 0.3) is 0 Å². The summed E-state index contributed by atoms with van der Waals surface area (Å²) in [5.74, 6) is 1.23. The lowest BCUT2D eigenvalue weighted by atomic mass is 9.94. The standard InChI is InChI=1S/C18H22F3N3OS/c19-18(20,21)16-12-3-1-2-4-13(12)23-17(24-16)26-9-15(25)22-14-8-10-5-6-11(14)7-10/h10-11,14H,1-9H2,(H,22,25)/t10-,11-,14+/m0/s1. The number of alkyl halides is 3. The van der Waals surface area contributed by atoms with Gasteiger partial charge < -0.3 is 5.32 Å². The fourth-order valence-corrected chi connectivity index (χ4v) is 5.34. The summed E-state index contributed by atoms with van der Waals surface area (Å²) in [5, 5.41) is 3.11. The molecule has 0 saturated heterocycles. The number of halogens is 3. The minimum absolute atomic E-state index is 0.0565. The Kier molecular flexibility index (Phi) is 4.88. The summed E-state index contributed by atoms with van der Waals surface area (Å²) in [6.45, 7) is 0. The third-order valence-electron chi connectivity index (χ3n) is 5.85. The number of amides is 1. The van der Waals surface area contributed by atoms with Crippen molar-refractivity contribution in [2.24, 2.45) is 11.8 Å². The van der Waals surface area contributed by atoms with Gasteiger partial charge in [-0.3, -0.25) is 4.79 Å². The van der Waals surface area contributed by atoms with Crippen LogP contribution in [0, 0.1) is 11.8 Å². The van der Waals surface area contributed by atoms with Crippen LogP contribution in [0.15, 0.2) is 5.16 Å². The lowest BCUT2D eigenvalue weighted by Gasteiger charge is -2.23. The molecule has 26 heavy (non-hydrogen) atoms. The van der Waals surface area contributed by atoms with Crippen LogP contribution >= 0.6 is 11.8 Å². The first kappa shape index (κ1) is 18.1. The molecule has 2 fully saturated rings. The first-order valence-corrected chi connectivity index (χ1v) is 10.3. The molecule has 1 aromatic heterocycles. The zero-order valence-corrected chi connectivity index (χ0v) is 15.3. The average Bonchev–Trinajstić information content (AvgIpc) is 3.21. The zero-order valence-electron chi connectivity index (χ0n) is 14.4. The van der Waals surface area contributed by atoms with Crippen molar-refractivity contribution in [3.05, 3.63) is 17.0 Å². The molecule has 2 bridgehead atoms. The highest BCUT2D eigenvalue weighted by atomic mass is 32.2. The summed E-state index contributed by atoms with van der Waals surface area (Å²) in [6, 6.07) is 0.233. The van der Waals surface area contributed by atoms with Crippen LogP contribution in [-0.4, -0.2) is 27.7 Å². The minimum Gasteiger partial charge on any atom is -0.352 e. The van der Waals surface area contributed by atoms with E-state index in [1.165, 1.54) is 19.3 Å². The molecule has 4 rings (SSSR count). The SMILES string of the molecule is O=C(CSc1nc2c(c(C(F)(F)F)n1)CCCC2)N[C@@H]1C[C@H]2CC[C@H]1C2. The Balaban J connectivity index is 1.42. The maximum atomic E-state index is 13.3. The summed E-state index contributed by atoms with van der Waals surface area (Å²) in [7, 11) is 0. The predicted molar refractivity (Wildman–Crippen MR) is 91.8 cm³/mol. The summed E-state index contributed by atoms with van der Waals surface area (Å²) in [6.07, 6.45) is 2.68. The minimum atomic E-state index is -4.48. The Morgan fingerprint density at radius 3 is 2.65 bits per heavy atom. The second-order valence-electron chi connectivity index (χ2n) is 7.62. The highest BCUT2D eigenvalue weighted by molar-refractivity contribution is 7.99. The first-order valence-electron chi connectivity index (χ1n) is 9.29. The maximum absolute atomic E-state index is 13.3. The number of thioether (sulfide) groups is 1. The van der Waals surface area contributed by atoms with E-state index in [0.29, 0.717) is 24.5 Å². The number of carbonyl (C=O) groups excluding carboxylic acids is 1. The summed E-state index contributed by atoms with van der Waals surface area (Å²) >= 11 is 1.00. The topological polar surface area (TPSA) is 54.9 Å². The van der Waals surface area contributed by atoms with Crippen LogP contribution in [0.1, 0.15) is 55.5 Å². The lowest BCUT2D eigenvalue weighted by Crippen LogP contribution is -2.39. The Labute approximate surface area is 154 Å². The number of fused-ring (bicyclic) bond motifs is 3. The molecule has 1 heterocycles. The van der Waals surface area contributed by atoms with E-state index in [4.69, 9.17) is 0 Å². The van der Waals surface area contributed by atoms with Crippen molar-refractivity contribution < 1.29 is 18.0 Å². The second kappa shape index (κ2) is 7.02. The predicted octanol–water partition coefficient (Wildman–Crippen LogP) is 3.77. The van der Waals surface area contributed by atoms with E-state index < -0.39 is 11.9 Å². The van der Waals surface area contributed by atoms with Gasteiger partial charge in [-0.25, -0.2) is 9.97 Å². The molecular formula is C18H22F3N3OS. The van der Waals surface area contributed by atoms with Crippen LogP contribution in [-0.2, 0) is 23.8 Å². The van der Waals surface area contributed by atoms with Gasteiger partial charge in [-0.1, -0.05) is 18.2 Å². The number of nitrogens with zero attached hydrogens (tertiary/aromatic N) is 2. The van der Waals surface area contributed by atoms with E-state index in [1.807, 2.05) is 0 Å². The van der Waals surface area contributed by atoms with Crippen LogP contribution < -0.4 is 5.32 Å². The molecule has 0 radical (unpaired) electrons. The van der Waals surface area contributed by atoms with Gasteiger partial charge in [0.1, 0.15) is 0 Å². The van der Waals surface area contributed by atoms with E-state index in [-0.39, 0.29) is 28.4 Å². The highest BCUT2D eigenvalue weighted by Crippen LogP contribution is 2.44. The van der Waals surface area contributed by atoms with Gasteiger partial charge in [0, 0.05) is 17.3 Å². The molecule has 0 aromatic carbocycles. The second-order valence-corrected chi connectivity index (χ2v) is 8.56. The zero-order chi connectivity index (χ0) is 18.3. The number of hydrogen-bond donors (Lipinski definition) is 1. The van der Waals surface area contributed by atoms with Crippen molar-refractivity contribution in [1.29, 1.82) is 0 Å². The van der Waals surface area contributed by atoms with Crippen molar-refractivity contribution in [3.63, 3.8) is 0 Å². The smallest absolute Gasteiger partial charge is 0.352 e. The molecule has 1 aromatic rings. The third-order valence-corrected chi connectivity index (χ3v) is 6.70. The van der Waals surface area contributed by atoms with Crippen LogP contribution in [0.5, 0.6) is 0 Å². The molecule has 8 heteroatoms. The molecule has 4 nitrogen and oxygen atoms in total. The number of hydrogen-bond acceptors (Lipinski definition) is 4. The fourth-order valence-electron chi connectivity index (χ4n) is 4.67. The summed E-state index contributed by atoms with van der Waals surface area (Å²) in [5.41, 5.74) is -0.0904. The molecule has 3 aliphatic carbocycles. The highest BCUT2D eigenvalue weighted by Gasteiger charge is 2.40. The molecule has 3 aliphatic rings. The van der Waals surface area contributed by atoms with E-state index >= 15 is 0 Å². The molecule has 0 unspecified atom stereocenters. The van der Waals surface area contributed by atoms with Crippen LogP contribution in [0.25, 0.3) is 0 Å². The number of carbonyl (C=O) groups is 1. The lowest BCUT2D eigenvalue weighted by molar-refractivity contribution is -0.142. The monoisotopic (exact) mass is 385 g/mol. The van der Waals surface area contributed by atoms with Gasteiger partial charge in [0.05, 0.1) is 5.75 Å². The van der Waals surface area contributed by atoms with E-state index in [2.05, 4.69) is 15.3 Å². The number of rotatable bonds is 4. The maximum Gasteiger partial charge on any atom is 0.433 e. The Morgan fingerprint density at radius 2 is 1.96 bits per heavy atom. The van der Waals surface area contributed by atoms with Crippen molar-refractivity contribution in [3.8, 4) is 0 Å². The Bertz CT molecular complexity index is 710. The number of nitrogens with one attached hydrogen (secondary N) is 1.